The number of carbonyl (C=O) groups is 2. The van der Waals surface area contributed by atoms with Crippen molar-refractivity contribution < 1.29 is 24.2 Å². The largest absolute Gasteiger partial charge is 0.462 e. The monoisotopic (exact) mass is 733 g/mol. The van der Waals surface area contributed by atoms with Gasteiger partial charge in [-0.2, -0.15) is 0 Å². The number of aliphatic hydroxyl groups is 1. The molecule has 0 amide bonds. The Morgan fingerprint density at radius 2 is 0.769 bits per heavy atom. The van der Waals surface area contributed by atoms with Crippen LogP contribution >= 0.6 is 0 Å². The second-order valence-electron chi connectivity index (χ2n) is 15.5. The molecule has 0 spiro atoms. The van der Waals surface area contributed by atoms with Gasteiger partial charge in [-0.25, -0.2) is 0 Å². The molecular weight excluding hydrogens is 645 g/mol. The standard InChI is InChI=1S/C47H88O5/c1-3-5-7-9-11-12-13-14-15-16-17-18-19-20-21-22-23-24-25-26-27-28-29-30-31-32-33-34-36-38-40-42-47(50)52-45(43-48)44-51-46(49)41-39-37-35-10-8-6-4-2/h13-14,16-17,45,48H,3-12,15,18-44H2,1-2H3/b14-13-,17-16-. The van der Waals surface area contributed by atoms with Gasteiger partial charge in [0.05, 0.1) is 6.61 Å². The number of unbranched alkanes of at least 4 members (excludes halogenated alkanes) is 30. The van der Waals surface area contributed by atoms with E-state index in [-0.39, 0.29) is 25.2 Å². The molecule has 0 saturated heterocycles. The molecule has 5 heteroatoms. The highest BCUT2D eigenvalue weighted by Crippen LogP contribution is 2.16. The topological polar surface area (TPSA) is 72.8 Å². The molecule has 0 saturated carbocycles. The summed E-state index contributed by atoms with van der Waals surface area (Å²) in [5, 5.41) is 9.52. The zero-order valence-corrected chi connectivity index (χ0v) is 34.8. The van der Waals surface area contributed by atoms with Crippen LogP contribution in [0.5, 0.6) is 0 Å². The van der Waals surface area contributed by atoms with E-state index < -0.39 is 6.10 Å². The van der Waals surface area contributed by atoms with Crippen LogP contribution in [0.4, 0.5) is 0 Å². The predicted molar refractivity (Wildman–Crippen MR) is 224 cm³/mol. The Labute approximate surface area is 323 Å². The van der Waals surface area contributed by atoms with E-state index in [2.05, 4.69) is 38.2 Å². The molecule has 0 aliphatic carbocycles. The lowest BCUT2D eigenvalue weighted by molar-refractivity contribution is -0.161. The van der Waals surface area contributed by atoms with Gasteiger partial charge >= 0.3 is 11.9 Å². The summed E-state index contributed by atoms with van der Waals surface area (Å²) in [4.78, 5) is 24.1. The summed E-state index contributed by atoms with van der Waals surface area (Å²) in [7, 11) is 0. The minimum atomic E-state index is -0.763. The molecule has 0 radical (unpaired) electrons. The third-order valence-corrected chi connectivity index (χ3v) is 10.2. The van der Waals surface area contributed by atoms with Crippen LogP contribution in [0.1, 0.15) is 245 Å². The Hall–Kier alpha value is -1.62. The maximum atomic E-state index is 12.2. The Morgan fingerprint density at radius 1 is 0.442 bits per heavy atom. The molecule has 0 rings (SSSR count). The van der Waals surface area contributed by atoms with E-state index in [1.54, 1.807) is 0 Å². The Balaban J connectivity index is 3.37. The quantitative estimate of drug-likeness (QED) is 0.0384. The normalized spacial score (nSPS) is 12.3. The number of hydrogen-bond donors (Lipinski definition) is 1. The van der Waals surface area contributed by atoms with Gasteiger partial charge in [-0.3, -0.25) is 9.59 Å². The first-order valence-corrected chi connectivity index (χ1v) is 22.9. The summed E-state index contributed by atoms with van der Waals surface area (Å²) in [5.41, 5.74) is 0. The van der Waals surface area contributed by atoms with E-state index >= 15 is 0 Å². The maximum Gasteiger partial charge on any atom is 0.306 e. The summed E-state index contributed by atoms with van der Waals surface area (Å²) in [6, 6.07) is 0. The van der Waals surface area contributed by atoms with Crippen molar-refractivity contribution >= 4 is 11.9 Å². The molecule has 1 atom stereocenters. The Kier molecular flexibility index (Phi) is 42.4. The van der Waals surface area contributed by atoms with Gasteiger partial charge in [-0.05, 0) is 44.9 Å². The molecule has 1 N–H and O–H groups in total. The van der Waals surface area contributed by atoms with Crippen molar-refractivity contribution in [2.45, 2.75) is 251 Å². The molecule has 306 valence electrons. The molecule has 1 unspecified atom stereocenters. The van der Waals surface area contributed by atoms with E-state index in [4.69, 9.17) is 9.47 Å². The van der Waals surface area contributed by atoms with Crippen molar-refractivity contribution in [2.24, 2.45) is 0 Å². The first kappa shape index (κ1) is 50.4. The lowest BCUT2D eigenvalue weighted by Crippen LogP contribution is -2.28. The highest BCUT2D eigenvalue weighted by Gasteiger charge is 2.16. The van der Waals surface area contributed by atoms with Crippen molar-refractivity contribution in [1.82, 2.24) is 0 Å². The van der Waals surface area contributed by atoms with E-state index in [0.29, 0.717) is 12.8 Å². The lowest BCUT2D eigenvalue weighted by atomic mass is 10.0. The van der Waals surface area contributed by atoms with Gasteiger partial charge in [0.15, 0.2) is 6.10 Å². The van der Waals surface area contributed by atoms with Crippen LogP contribution in [-0.4, -0.2) is 36.4 Å². The second kappa shape index (κ2) is 43.8. The van der Waals surface area contributed by atoms with Crippen LogP contribution in [0.2, 0.25) is 0 Å². The molecule has 0 aromatic heterocycles. The molecule has 0 fully saturated rings. The molecule has 5 nitrogen and oxygen atoms in total. The highest BCUT2D eigenvalue weighted by molar-refractivity contribution is 5.70. The van der Waals surface area contributed by atoms with Crippen LogP contribution in [0, 0.1) is 0 Å². The van der Waals surface area contributed by atoms with Crippen LogP contribution < -0.4 is 0 Å². The number of aliphatic hydroxyl groups excluding tert-OH is 1. The first-order valence-electron chi connectivity index (χ1n) is 22.9. The number of ether oxygens (including phenoxy) is 2. The summed E-state index contributed by atoms with van der Waals surface area (Å²) in [6.07, 6.45) is 53.0. The molecule has 0 aromatic rings. The van der Waals surface area contributed by atoms with Gasteiger partial charge < -0.3 is 14.6 Å². The number of rotatable bonds is 42. The van der Waals surface area contributed by atoms with E-state index in [1.165, 1.54) is 173 Å². The van der Waals surface area contributed by atoms with Crippen LogP contribution in [0.3, 0.4) is 0 Å². The van der Waals surface area contributed by atoms with Crippen LogP contribution in [0.25, 0.3) is 0 Å². The van der Waals surface area contributed by atoms with Gasteiger partial charge in [-0.15, -0.1) is 0 Å². The zero-order chi connectivity index (χ0) is 37.8. The summed E-state index contributed by atoms with van der Waals surface area (Å²) < 4.78 is 10.6. The average molecular weight is 733 g/mol. The fourth-order valence-electron chi connectivity index (χ4n) is 6.76. The van der Waals surface area contributed by atoms with Crippen molar-refractivity contribution in [3.63, 3.8) is 0 Å². The molecule has 0 aliphatic heterocycles. The smallest absolute Gasteiger partial charge is 0.306 e. The number of hydrogen-bond acceptors (Lipinski definition) is 5. The van der Waals surface area contributed by atoms with Crippen LogP contribution in [-0.2, 0) is 19.1 Å². The van der Waals surface area contributed by atoms with Gasteiger partial charge in [0.1, 0.15) is 6.61 Å². The number of carbonyl (C=O) groups excluding carboxylic acids is 2. The first-order chi connectivity index (χ1) is 25.6. The molecule has 0 aliphatic rings. The zero-order valence-electron chi connectivity index (χ0n) is 34.8. The Morgan fingerprint density at radius 3 is 1.13 bits per heavy atom. The summed E-state index contributed by atoms with van der Waals surface area (Å²) >= 11 is 0. The Bertz CT molecular complexity index is 791. The van der Waals surface area contributed by atoms with E-state index in [1.807, 2.05) is 0 Å². The fraction of sp³-hybridized carbons (Fsp3) is 0.872. The van der Waals surface area contributed by atoms with Crippen molar-refractivity contribution in [3.8, 4) is 0 Å². The van der Waals surface area contributed by atoms with Crippen LogP contribution in [0.15, 0.2) is 24.3 Å². The van der Waals surface area contributed by atoms with Crippen molar-refractivity contribution in [2.75, 3.05) is 13.2 Å². The van der Waals surface area contributed by atoms with Gasteiger partial charge in [0, 0.05) is 12.8 Å². The third kappa shape index (κ3) is 41.1. The van der Waals surface area contributed by atoms with Gasteiger partial charge in [0.25, 0.3) is 0 Å². The minimum Gasteiger partial charge on any atom is -0.462 e. The van der Waals surface area contributed by atoms with Gasteiger partial charge in [-0.1, -0.05) is 212 Å². The fourth-order valence-corrected chi connectivity index (χ4v) is 6.76. The molecule has 0 bridgehead atoms. The third-order valence-electron chi connectivity index (χ3n) is 10.2. The number of allylic oxidation sites excluding steroid dienone is 4. The lowest BCUT2D eigenvalue weighted by Gasteiger charge is -2.15. The van der Waals surface area contributed by atoms with Gasteiger partial charge in [0.2, 0.25) is 0 Å². The highest BCUT2D eigenvalue weighted by atomic mass is 16.6. The molecule has 0 aromatic carbocycles. The molecule has 0 heterocycles. The SMILES string of the molecule is CCCCCCC/C=C\C/C=C\CCCCCCCCCCCCCCCCCCCCCC(=O)OC(CO)COC(=O)CCCCCCCCC. The summed E-state index contributed by atoms with van der Waals surface area (Å²) in [6.45, 7) is 4.10. The second-order valence-corrected chi connectivity index (χ2v) is 15.5. The maximum absolute atomic E-state index is 12.2. The predicted octanol–water partition coefficient (Wildman–Crippen LogP) is 14.6. The number of esters is 2. The average Bonchev–Trinajstić information content (AvgIpc) is 3.15. The summed E-state index contributed by atoms with van der Waals surface area (Å²) in [5.74, 6) is -0.587. The van der Waals surface area contributed by atoms with Crippen molar-refractivity contribution in [1.29, 1.82) is 0 Å². The van der Waals surface area contributed by atoms with E-state index in [9.17, 15) is 14.7 Å². The molecular formula is C47H88O5. The minimum absolute atomic E-state index is 0.0609. The molecule has 52 heavy (non-hydrogen) atoms. The van der Waals surface area contributed by atoms with E-state index in [0.717, 1.165) is 44.9 Å². The van der Waals surface area contributed by atoms with Crippen molar-refractivity contribution in [3.05, 3.63) is 24.3 Å².